The molecule has 0 radical (unpaired) electrons. The third-order valence-electron chi connectivity index (χ3n) is 5.23. The maximum absolute atomic E-state index is 13.2. The minimum atomic E-state index is -0.0744. The summed E-state index contributed by atoms with van der Waals surface area (Å²) in [6, 6.07) is 19.4. The van der Waals surface area contributed by atoms with Gasteiger partial charge in [0.15, 0.2) is 0 Å². The monoisotopic (exact) mass is 446 g/mol. The van der Waals surface area contributed by atoms with Crippen LogP contribution in [0.3, 0.4) is 0 Å². The average Bonchev–Trinajstić information content (AvgIpc) is 3.45. The highest BCUT2D eigenvalue weighted by atomic mass is 35.5. The predicted molar refractivity (Wildman–Crippen MR) is 127 cm³/mol. The molecule has 4 nitrogen and oxygen atoms in total. The van der Waals surface area contributed by atoms with Crippen LogP contribution < -0.4 is 5.32 Å². The maximum atomic E-state index is 13.2. The van der Waals surface area contributed by atoms with Crippen LogP contribution >= 0.6 is 22.9 Å². The number of rotatable bonds is 6. The number of halogens is 1. The molecule has 0 fully saturated rings. The molecule has 5 rings (SSSR count). The molecule has 6 heteroatoms. The second-order valence-electron chi connectivity index (χ2n) is 7.27. The van der Waals surface area contributed by atoms with E-state index in [0.717, 1.165) is 50.7 Å². The number of carbonyl (C=O) groups excluding carboxylic acids is 1. The van der Waals surface area contributed by atoms with Crippen LogP contribution in [0.5, 0.6) is 0 Å². The standard InChI is InChI=1S/C25H19ClN2O2S/c26-17-11-9-16(10-12-17)22-20-15-28-21-8-2-1-7-19(21)23(20)31-24(22)25(29)27-13-3-5-18-6-4-14-30-18/h1-2,4,6-12,14-15H,3,5,13H2,(H,27,29). The minimum absolute atomic E-state index is 0.0744. The van der Waals surface area contributed by atoms with Crippen molar-refractivity contribution < 1.29 is 9.21 Å². The van der Waals surface area contributed by atoms with Crippen LogP contribution in [0.4, 0.5) is 0 Å². The van der Waals surface area contributed by atoms with Gasteiger partial charge in [-0.25, -0.2) is 0 Å². The molecule has 154 valence electrons. The van der Waals surface area contributed by atoms with Crippen LogP contribution in [0.1, 0.15) is 21.9 Å². The number of carbonyl (C=O) groups is 1. The lowest BCUT2D eigenvalue weighted by Crippen LogP contribution is -2.24. The number of furan rings is 1. The Morgan fingerprint density at radius 1 is 1.03 bits per heavy atom. The van der Waals surface area contributed by atoms with Gasteiger partial charge in [-0.05, 0) is 42.3 Å². The maximum Gasteiger partial charge on any atom is 0.262 e. The molecule has 0 saturated heterocycles. The average molecular weight is 447 g/mol. The second kappa shape index (κ2) is 8.53. The molecule has 0 spiro atoms. The van der Waals surface area contributed by atoms with E-state index in [1.807, 2.05) is 60.8 Å². The number of aryl methyl sites for hydroxylation is 1. The molecule has 0 aliphatic carbocycles. The third-order valence-corrected chi connectivity index (χ3v) is 6.72. The summed E-state index contributed by atoms with van der Waals surface area (Å²) >= 11 is 7.61. The Hall–Kier alpha value is -3.15. The predicted octanol–water partition coefficient (Wildman–Crippen LogP) is 6.73. The van der Waals surface area contributed by atoms with Crippen molar-refractivity contribution in [3.63, 3.8) is 0 Å². The third kappa shape index (κ3) is 3.94. The minimum Gasteiger partial charge on any atom is -0.469 e. The van der Waals surface area contributed by atoms with Gasteiger partial charge in [0.2, 0.25) is 0 Å². The fourth-order valence-corrected chi connectivity index (χ4v) is 5.11. The summed E-state index contributed by atoms with van der Waals surface area (Å²) in [5.74, 6) is 0.852. The van der Waals surface area contributed by atoms with Gasteiger partial charge in [0.25, 0.3) is 5.91 Å². The summed E-state index contributed by atoms with van der Waals surface area (Å²) in [4.78, 5) is 18.5. The zero-order chi connectivity index (χ0) is 21.2. The van der Waals surface area contributed by atoms with E-state index in [-0.39, 0.29) is 5.91 Å². The van der Waals surface area contributed by atoms with Crippen LogP contribution in [0.2, 0.25) is 5.02 Å². The number of benzene rings is 2. The second-order valence-corrected chi connectivity index (χ2v) is 8.73. The molecule has 0 atom stereocenters. The van der Waals surface area contributed by atoms with Crippen LogP contribution in [0.15, 0.2) is 77.5 Å². The van der Waals surface area contributed by atoms with Crippen molar-refractivity contribution in [3.8, 4) is 11.1 Å². The van der Waals surface area contributed by atoms with Crippen molar-refractivity contribution in [3.05, 3.63) is 88.8 Å². The molecule has 0 bridgehead atoms. The van der Waals surface area contributed by atoms with E-state index < -0.39 is 0 Å². The Morgan fingerprint density at radius 3 is 2.68 bits per heavy atom. The van der Waals surface area contributed by atoms with Crippen molar-refractivity contribution in [2.24, 2.45) is 0 Å². The van der Waals surface area contributed by atoms with E-state index >= 15 is 0 Å². The first-order valence-electron chi connectivity index (χ1n) is 10.1. The fraction of sp³-hybridized carbons (Fsp3) is 0.120. The summed E-state index contributed by atoms with van der Waals surface area (Å²) in [7, 11) is 0. The van der Waals surface area contributed by atoms with Crippen molar-refractivity contribution in [2.75, 3.05) is 6.54 Å². The van der Waals surface area contributed by atoms with Crippen LogP contribution in [0.25, 0.3) is 32.1 Å². The molecule has 5 aromatic rings. The Bertz CT molecular complexity index is 1360. The molecule has 3 heterocycles. The smallest absolute Gasteiger partial charge is 0.262 e. The number of hydrogen-bond donors (Lipinski definition) is 1. The number of aromatic nitrogens is 1. The van der Waals surface area contributed by atoms with E-state index in [9.17, 15) is 4.79 Å². The largest absolute Gasteiger partial charge is 0.469 e. The van der Waals surface area contributed by atoms with Gasteiger partial charge < -0.3 is 9.73 Å². The van der Waals surface area contributed by atoms with Gasteiger partial charge in [-0.2, -0.15) is 0 Å². The molecule has 0 saturated carbocycles. The molecule has 31 heavy (non-hydrogen) atoms. The number of thiophene rings is 1. The lowest BCUT2D eigenvalue weighted by atomic mass is 10.0. The van der Waals surface area contributed by atoms with Crippen molar-refractivity contribution in [2.45, 2.75) is 12.8 Å². The van der Waals surface area contributed by atoms with Gasteiger partial charge >= 0.3 is 0 Å². The van der Waals surface area contributed by atoms with Gasteiger partial charge in [0.1, 0.15) is 10.6 Å². The fourth-order valence-electron chi connectivity index (χ4n) is 3.74. The number of amides is 1. The van der Waals surface area contributed by atoms with Crippen LogP contribution in [-0.4, -0.2) is 17.4 Å². The molecule has 1 N–H and O–H groups in total. The Labute approximate surface area is 188 Å². The zero-order valence-electron chi connectivity index (χ0n) is 16.6. The lowest BCUT2D eigenvalue weighted by Gasteiger charge is -2.07. The first-order chi connectivity index (χ1) is 15.2. The number of nitrogens with one attached hydrogen (secondary N) is 1. The summed E-state index contributed by atoms with van der Waals surface area (Å²) < 4.78 is 6.43. The Balaban J connectivity index is 1.52. The molecule has 2 aromatic carbocycles. The molecule has 1 amide bonds. The van der Waals surface area contributed by atoms with Gasteiger partial charge in [0.05, 0.1) is 11.8 Å². The van der Waals surface area contributed by atoms with E-state index in [0.29, 0.717) is 16.4 Å². The van der Waals surface area contributed by atoms with Crippen molar-refractivity contribution >= 4 is 49.8 Å². The Morgan fingerprint density at radius 2 is 1.87 bits per heavy atom. The van der Waals surface area contributed by atoms with Gasteiger partial charge in [-0.1, -0.05) is 41.9 Å². The van der Waals surface area contributed by atoms with Gasteiger partial charge in [-0.3, -0.25) is 9.78 Å². The molecule has 3 aromatic heterocycles. The summed E-state index contributed by atoms with van der Waals surface area (Å²) in [6.07, 6.45) is 5.14. The summed E-state index contributed by atoms with van der Waals surface area (Å²) in [5, 5.41) is 5.77. The quantitative estimate of drug-likeness (QED) is 0.294. The van der Waals surface area contributed by atoms with E-state index in [1.54, 1.807) is 6.26 Å². The van der Waals surface area contributed by atoms with E-state index in [4.69, 9.17) is 16.0 Å². The first kappa shape index (κ1) is 19.8. The topological polar surface area (TPSA) is 55.1 Å². The number of para-hydroxylation sites is 1. The number of hydrogen-bond acceptors (Lipinski definition) is 4. The molecular weight excluding hydrogens is 428 g/mol. The van der Waals surface area contributed by atoms with Crippen LogP contribution in [-0.2, 0) is 6.42 Å². The van der Waals surface area contributed by atoms with E-state index in [2.05, 4.69) is 16.4 Å². The van der Waals surface area contributed by atoms with Gasteiger partial charge in [-0.15, -0.1) is 11.3 Å². The van der Waals surface area contributed by atoms with E-state index in [1.165, 1.54) is 11.3 Å². The first-order valence-corrected chi connectivity index (χ1v) is 11.3. The molecule has 0 aliphatic rings. The highest BCUT2D eigenvalue weighted by Crippen LogP contribution is 2.41. The zero-order valence-corrected chi connectivity index (χ0v) is 18.2. The number of fused-ring (bicyclic) bond motifs is 3. The number of pyridine rings is 1. The molecular formula is C25H19ClN2O2S. The van der Waals surface area contributed by atoms with Crippen molar-refractivity contribution in [1.82, 2.24) is 10.3 Å². The summed E-state index contributed by atoms with van der Waals surface area (Å²) in [6.45, 7) is 0.576. The SMILES string of the molecule is O=C(NCCCc1ccco1)c1sc2c(cnc3ccccc32)c1-c1ccc(Cl)cc1. The lowest BCUT2D eigenvalue weighted by molar-refractivity contribution is 0.0957. The van der Waals surface area contributed by atoms with Crippen molar-refractivity contribution in [1.29, 1.82) is 0 Å². The van der Waals surface area contributed by atoms with Crippen LogP contribution in [0, 0.1) is 0 Å². The summed E-state index contributed by atoms with van der Waals surface area (Å²) in [5.41, 5.74) is 2.77. The van der Waals surface area contributed by atoms with Gasteiger partial charge in [0, 0.05) is 45.2 Å². The molecule has 0 aliphatic heterocycles. The highest BCUT2D eigenvalue weighted by Gasteiger charge is 2.21. The molecule has 0 unspecified atom stereocenters. The highest BCUT2D eigenvalue weighted by molar-refractivity contribution is 7.22. The Kier molecular flexibility index (Phi) is 5.45. The number of nitrogens with zero attached hydrogens (tertiary/aromatic N) is 1. The normalized spacial score (nSPS) is 11.3.